The Morgan fingerprint density at radius 1 is 1.12 bits per heavy atom. The Kier molecular flexibility index (Phi) is 8.87. The fraction of sp³-hybridized carbons (Fsp3) is 0.500. The van der Waals surface area contributed by atoms with Gasteiger partial charge in [0.2, 0.25) is 0 Å². The van der Waals surface area contributed by atoms with E-state index in [-0.39, 0.29) is 11.5 Å². The zero-order valence-electron chi connectivity index (χ0n) is 19.1. The van der Waals surface area contributed by atoms with Crippen LogP contribution in [0, 0.1) is 6.92 Å². The number of thiocarbonyl (C=S) groups is 1. The molecule has 0 spiro atoms. The molecule has 1 saturated heterocycles. The maximum atomic E-state index is 13.3. The Bertz CT molecular complexity index is 1080. The van der Waals surface area contributed by atoms with Gasteiger partial charge in [-0.2, -0.15) is 0 Å². The standard InChI is InChI=1S/C24H32N4O2S2/c1-4-6-7-8-9-10-14-28-23(30)19(32-24(28)31)16-18-20(25-13-5-2)26-21-17(3)12-11-15-27(21)22(18)29/h11-12,15-16,25H,4-10,13-14H2,1-3H3/b19-16+. The summed E-state index contributed by atoms with van der Waals surface area (Å²) in [5, 5.41) is 3.26. The smallest absolute Gasteiger partial charge is 0.267 e. The van der Waals surface area contributed by atoms with Gasteiger partial charge in [-0.25, -0.2) is 4.98 Å². The highest BCUT2D eigenvalue weighted by atomic mass is 32.2. The molecule has 0 bridgehead atoms. The van der Waals surface area contributed by atoms with Crippen LogP contribution >= 0.6 is 24.0 Å². The van der Waals surface area contributed by atoms with Crippen LogP contribution in [0.2, 0.25) is 0 Å². The molecule has 3 rings (SSSR count). The topological polar surface area (TPSA) is 66.7 Å². The zero-order chi connectivity index (χ0) is 23.1. The summed E-state index contributed by atoms with van der Waals surface area (Å²) in [6, 6.07) is 3.76. The second-order valence-electron chi connectivity index (χ2n) is 8.09. The highest BCUT2D eigenvalue weighted by molar-refractivity contribution is 8.26. The number of nitrogens with one attached hydrogen (secondary N) is 1. The number of carbonyl (C=O) groups is 1. The summed E-state index contributed by atoms with van der Waals surface area (Å²) in [6.07, 6.45) is 11.2. The minimum atomic E-state index is -0.196. The number of aryl methyl sites for hydroxylation is 1. The first-order chi connectivity index (χ1) is 15.5. The highest BCUT2D eigenvalue weighted by Gasteiger charge is 2.32. The summed E-state index contributed by atoms with van der Waals surface area (Å²) in [6.45, 7) is 7.50. The van der Waals surface area contributed by atoms with Gasteiger partial charge in [0.05, 0.1) is 10.5 Å². The van der Waals surface area contributed by atoms with E-state index in [0.717, 1.165) is 24.8 Å². The van der Waals surface area contributed by atoms with Crippen molar-refractivity contribution in [3.05, 3.63) is 44.7 Å². The van der Waals surface area contributed by atoms with Crippen LogP contribution in [0.4, 0.5) is 5.82 Å². The van der Waals surface area contributed by atoms with Crippen LogP contribution in [0.15, 0.2) is 28.0 Å². The molecular weight excluding hydrogens is 440 g/mol. The lowest BCUT2D eigenvalue weighted by molar-refractivity contribution is -0.122. The molecule has 6 nitrogen and oxygen atoms in total. The number of hydrogen-bond acceptors (Lipinski definition) is 6. The molecule has 0 aromatic carbocycles. The molecule has 0 saturated carbocycles. The van der Waals surface area contributed by atoms with Gasteiger partial charge < -0.3 is 5.32 Å². The molecule has 0 aliphatic carbocycles. The van der Waals surface area contributed by atoms with Crippen LogP contribution in [0.5, 0.6) is 0 Å². The molecule has 1 aliphatic heterocycles. The minimum Gasteiger partial charge on any atom is -0.369 e. The van der Waals surface area contributed by atoms with Crippen LogP contribution in [0.1, 0.15) is 69.9 Å². The number of aromatic nitrogens is 2. The maximum absolute atomic E-state index is 13.3. The molecule has 0 radical (unpaired) electrons. The van der Waals surface area contributed by atoms with E-state index in [1.54, 1.807) is 17.2 Å². The molecule has 1 N–H and O–H groups in total. The normalized spacial score (nSPS) is 15.3. The van der Waals surface area contributed by atoms with E-state index in [1.165, 1.54) is 41.8 Å². The Labute approximate surface area is 199 Å². The molecule has 0 atom stereocenters. The van der Waals surface area contributed by atoms with Crippen LogP contribution in [-0.4, -0.2) is 37.6 Å². The fourth-order valence-corrected chi connectivity index (χ4v) is 4.98. The summed E-state index contributed by atoms with van der Waals surface area (Å²) in [5.74, 6) is 0.385. The lowest BCUT2D eigenvalue weighted by atomic mass is 10.1. The third kappa shape index (κ3) is 5.59. The van der Waals surface area contributed by atoms with E-state index in [1.807, 2.05) is 19.1 Å². The van der Waals surface area contributed by atoms with Gasteiger partial charge in [0, 0.05) is 19.3 Å². The summed E-state index contributed by atoms with van der Waals surface area (Å²) in [5.41, 5.74) is 1.73. The van der Waals surface area contributed by atoms with Crippen molar-refractivity contribution in [2.75, 3.05) is 18.4 Å². The van der Waals surface area contributed by atoms with Crippen molar-refractivity contribution in [3.63, 3.8) is 0 Å². The molecule has 3 heterocycles. The molecular formula is C24H32N4O2S2. The molecule has 32 heavy (non-hydrogen) atoms. The van der Waals surface area contributed by atoms with Gasteiger partial charge >= 0.3 is 0 Å². The Hall–Kier alpha value is -2.19. The second-order valence-corrected chi connectivity index (χ2v) is 9.77. The summed E-state index contributed by atoms with van der Waals surface area (Å²) in [4.78, 5) is 33.2. The Morgan fingerprint density at radius 3 is 2.62 bits per heavy atom. The lowest BCUT2D eigenvalue weighted by Gasteiger charge is -2.14. The van der Waals surface area contributed by atoms with Crippen molar-refractivity contribution < 1.29 is 4.79 Å². The second kappa shape index (κ2) is 11.6. The van der Waals surface area contributed by atoms with Crippen molar-refractivity contribution in [3.8, 4) is 0 Å². The molecule has 0 unspecified atom stereocenters. The number of carbonyl (C=O) groups excluding carboxylic acids is 1. The molecule has 8 heteroatoms. The molecule has 1 aliphatic rings. The number of anilines is 1. The predicted molar refractivity (Wildman–Crippen MR) is 138 cm³/mol. The van der Waals surface area contributed by atoms with Crippen molar-refractivity contribution in [2.24, 2.45) is 0 Å². The average Bonchev–Trinajstić information content (AvgIpc) is 3.04. The summed E-state index contributed by atoms with van der Waals surface area (Å²) >= 11 is 6.74. The Balaban J connectivity index is 1.86. The number of unbranched alkanes of at least 4 members (excludes halogenated alkanes) is 5. The maximum Gasteiger partial charge on any atom is 0.267 e. The van der Waals surface area contributed by atoms with Crippen LogP contribution in [0.25, 0.3) is 11.7 Å². The quantitative estimate of drug-likeness (QED) is 0.269. The van der Waals surface area contributed by atoms with E-state index in [2.05, 4.69) is 19.2 Å². The van der Waals surface area contributed by atoms with E-state index < -0.39 is 0 Å². The number of thioether (sulfide) groups is 1. The first-order valence-electron chi connectivity index (χ1n) is 11.5. The third-order valence-corrected chi connectivity index (χ3v) is 6.89. The van der Waals surface area contributed by atoms with Crippen molar-refractivity contribution in [1.29, 1.82) is 0 Å². The molecule has 2 aromatic heterocycles. The van der Waals surface area contributed by atoms with Crippen LogP contribution < -0.4 is 10.9 Å². The molecule has 1 amide bonds. The lowest BCUT2D eigenvalue weighted by Crippen LogP contribution is -2.29. The van der Waals surface area contributed by atoms with Crippen molar-refractivity contribution in [1.82, 2.24) is 14.3 Å². The predicted octanol–water partition coefficient (Wildman–Crippen LogP) is 5.39. The van der Waals surface area contributed by atoms with E-state index in [4.69, 9.17) is 17.2 Å². The highest BCUT2D eigenvalue weighted by Crippen LogP contribution is 2.33. The van der Waals surface area contributed by atoms with E-state index in [9.17, 15) is 9.59 Å². The SMILES string of the molecule is CCCCCCCCN1C(=O)/C(=C\c2c(NCCC)nc3c(C)cccn3c2=O)SC1=S. The van der Waals surface area contributed by atoms with Crippen molar-refractivity contribution in [2.45, 2.75) is 65.7 Å². The van der Waals surface area contributed by atoms with Gasteiger partial charge in [-0.1, -0.05) is 76.0 Å². The number of hydrogen-bond donors (Lipinski definition) is 1. The number of pyridine rings is 1. The largest absolute Gasteiger partial charge is 0.369 e. The average molecular weight is 473 g/mol. The third-order valence-electron chi connectivity index (χ3n) is 5.51. The first-order valence-corrected chi connectivity index (χ1v) is 12.7. The fourth-order valence-electron chi connectivity index (χ4n) is 3.69. The number of nitrogens with zero attached hydrogens (tertiary/aromatic N) is 3. The molecule has 2 aromatic rings. The Morgan fingerprint density at radius 2 is 1.88 bits per heavy atom. The van der Waals surface area contributed by atoms with Gasteiger partial charge in [0.15, 0.2) is 0 Å². The number of rotatable bonds is 11. The monoisotopic (exact) mass is 472 g/mol. The summed E-state index contributed by atoms with van der Waals surface area (Å²) < 4.78 is 2.09. The molecule has 172 valence electrons. The van der Waals surface area contributed by atoms with Crippen LogP contribution in [0.3, 0.4) is 0 Å². The number of amides is 1. The first kappa shape index (κ1) is 24.5. The van der Waals surface area contributed by atoms with Crippen LogP contribution in [-0.2, 0) is 4.79 Å². The van der Waals surface area contributed by atoms with Gasteiger partial charge in [-0.15, -0.1) is 0 Å². The zero-order valence-corrected chi connectivity index (χ0v) is 20.8. The van der Waals surface area contributed by atoms with Gasteiger partial charge in [-0.05, 0) is 37.5 Å². The van der Waals surface area contributed by atoms with Gasteiger partial charge in [-0.3, -0.25) is 18.9 Å². The minimum absolute atomic E-state index is 0.122. The van der Waals surface area contributed by atoms with Crippen molar-refractivity contribution >= 4 is 51.7 Å². The van der Waals surface area contributed by atoms with E-state index in [0.29, 0.717) is 39.3 Å². The van der Waals surface area contributed by atoms with Gasteiger partial charge in [0.25, 0.3) is 11.5 Å². The molecule has 1 fully saturated rings. The van der Waals surface area contributed by atoms with E-state index >= 15 is 0 Å². The van der Waals surface area contributed by atoms with Gasteiger partial charge in [0.1, 0.15) is 15.8 Å². The number of fused-ring (bicyclic) bond motifs is 1. The summed E-state index contributed by atoms with van der Waals surface area (Å²) in [7, 11) is 0.